The van der Waals surface area contributed by atoms with Gasteiger partial charge in [-0.05, 0) is 30.9 Å². The molecule has 4 nitrogen and oxygen atoms in total. The molecule has 0 bridgehead atoms. The third kappa shape index (κ3) is 2.96. The van der Waals surface area contributed by atoms with E-state index in [9.17, 15) is 4.79 Å². The van der Waals surface area contributed by atoms with Crippen LogP contribution in [0.25, 0.3) is 0 Å². The molecule has 1 aliphatic carbocycles. The van der Waals surface area contributed by atoms with E-state index in [1.165, 1.54) is 32.1 Å². The number of methoxy groups -OCH3 is 1. The van der Waals surface area contributed by atoms with Crippen molar-refractivity contribution in [3.63, 3.8) is 0 Å². The van der Waals surface area contributed by atoms with Crippen molar-refractivity contribution in [3.8, 4) is 11.5 Å². The smallest absolute Gasteiger partial charge is 0.343 e. The first kappa shape index (κ1) is 13.4. The summed E-state index contributed by atoms with van der Waals surface area (Å²) in [6.07, 6.45) is 5.87. The van der Waals surface area contributed by atoms with Gasteiger partial charge in [0.25, 0.3) is 0 Å². The zero-order chi connectivity index (χ0) is 13.9. The highest BCUT2D eigenvalue weighted by molar-refractivity contribution is 5.80. The van der Waals surface area contributed by atoms with E-state index in [1.54, 1.807) is 25.3 Å². The minimum Gasteiger partial charge on any atom is -0.497 e. The molecular weight excluding hydrogens is 256 g/mol. The monoisotopic (exact) mass is 276 g/mol. The molecule has 2 unspecified atom stereocenters. The van der Waals surface area contributed by atoms with E-state index in [4.69, 9.17) is 14.2 Å². The highest BCUT2D eigenvalue weighted by atomic mass is 16.6. The molecule has 108 valence electrons. The Kier molecular flexibility index (Phi) is 3.92. The molecule has 1 aromatic carbocycles. The number of hydrogen-bond acceptors (Lipinski definition) is 4. The molecule has 20 heavy (non-hydrogen) atoms. The van der Waals surface area contributed by atoms with E-state index >= 15 is 0 Å². The van der Waals surface area contributed by atoms with Crippen molar-refractivity contribution >= 4 is 5.97 Å². The first-order valence-corrected chi connectivity index (χ1v) is 7.29. The number of ether oxygens (including phenoxy) is 3. The second kappa shape index (κ2) is 5.83. The van der Waals surface area contributed by atoms with Crippen LogP contribution in [0.4, 0.5) is 0 Å². The number of esters is 1. The molecule has 1 aromatic rings. The Morgan fingerprint density at radius 3 is 2.70 bits per heavy atom. The number of epoxide rings is 1. The Morgan fingerprint density at radius 1 is 1.20 bits per heavy atom. The highest BCUT2D eigenvalue weighted by Crippen LogP contribution is 2.39. The standard InChI is InChI=1S/C16H20O4/c1-18-12-8-5-9-13(10-12)19-16(17)15-14(20-15)11-6-3-2-4-7-11/h5,8-11,14-15H,2-4,6-7H2,1H3. The van der Waals surface area contributed by atoms with Gasteiger partial charge in [0.15, 0.2) is 6.10 Å². The molecule has 3 rings (SSSR count). The first-order chi connectivity index (χ1) is 9.78. The average Bonchev–Trinajstić information content (AvgIpc) is 3.29. The molecule has 0 spiro atoms. The lowest BCUT2D eigenvalue weighted by Crippen LogP contribution is -2.22. The van der Waals surface area contributed by atoms with Gasteiger partial charge in [-0.25, -0.2) is 4.79 Å². The maximum Gasteiger partial charge on any atom is 0.343 e. The van der Waals surface area contributed by atoms with Crippen molar-refractivity contribution in [2.24, 2.45) is 5.92 Å². The molecule has 0 N–H and O–H groups in total. The van der Waals surface area contributed by atoms with Crippen LogP contribution < -0.4 is 9.47 Å². The van der Waals surface area contributed by atoms with Gasteiger partial charge in [-0.1, -0.05) is 25.3 Å². The van der Waals surface area contributed by atoms with Crippen LogP contribution in [0.5, 0.6) is 11.5 Å². The maximum atomic E-state index is 12.0. The molecule has 4 heteroatoms. The van der Waals surface area contributed by atoms with Gasteiger partial charge in [0, 0.05) is 6.07 Å². The summed E-state index contributed by atoms with van der Waals surface area (Å²) in [6.45, 7) is 0. The van der Waals surface area contributed by atoms with Gasteiger partial charge in [0.05, 0.1) is 13.2 Å². The predicted molar refractivity (Wildman–Crippen MR) is 73.9 cm³/mol. The second-order valence-electron chi connectivity index (χ2n) is 5.52. The summed E-state index contributed by atoms with van der Waals surface area (Å²) >= 11 is 0. The Labute approximate surface area is 119 Å². The number of carbonyl (C=O) groups is 1. The molecule has 0 radical (unpaired) electrons. The minimum absolute atomic E-state index is 0.0772. The second-order valence-corrected chi connectivity index (χ2v) is 5.52. The molecule has 1 saturated carbocycles. The van der Waals surface area contributed by atoms with Gasteiger partial charge in [-0.2, -0.15) is 0 Å². The molecule has 2 aliphatic rings. The van der Waals surface area contributed by atoms with Crippen molar-refractivity contribution < 1.29 is 19.0 Å². The predicted octanol–water partition coefficient (Wildman–Crippen LogP) is 2.95. The lowest BCUT2D eigenvalue weighted by Gasteiger charge is -2.19. The van der Waals surface area contributed by atoms with Crippen LogP contribution in [0.3, 0.4) is 0 Å². The number of hydrogen-bond donors (Lipinski definition) is 0. The SMILES string of the molecule is COc1cccc(OC(=O)C2OC2C2CCCCC2)c1. The maximum absolute atomic E-state index is 12.0. The van der Waals surface area contributed by atoms with Crippen LogP contribution in [0.1, 0.15) is 32.1 Å². The summed E-state index contributed by atoms with van der Waals surface area (Å²) in [6, 6.07) is 7.07. The van der Waals surface area contributed by atoms with Gasteiger partial charge >= 0.3 is 5.97 Å². The summed E-state index contributed by atoms with van der Waals surface area (Å²) in [5, 5.41) is 0. The molecule has 0 aromatic heterocycles. The molecular formula is C16H20O4. The molecule has 2 fully saturated rings. The topological polar surface area (TPSA) is 48.1 Å². The molecule has 1 heterocycles. The first-order valence-electron chi connectivity index (χ1n) is 7.29. The summed E-state index contributed by atoms with van der Waals surface area (Å²) < 4.78 is 16.0. The van der Waals surface area contributed by atoms with Crippen LogP contribution in [-0.2, 0) is 9.53 Å². The zero-order valence-electron chi connectivity index (χ0n) is 11.7. The van der Waals surface area contributed by atoms with Crippen LogP contribution in [0.15, 0.2) is 24.3 Å². The lowest BCUT2D eigenvalue weighted by molar-refractivity contribution is -0.135. The molecule has 1 saturated heterocycles. The number of rotatable bonds is 4. The number of carbonyl (C=O) groups excluding carboxylic acids is 1. The fourth-order valence-electron chi connectivity index (χ4n) is 2.97. The quantitative estimate of drug-likeness (QED) is 0.482. The van der Waals surface area contributed by atoms with Crippen LogP contribution >= 0.6 is 0 Å². The minimum atomic E-state index is -0.371. The van der Waals surface area contributed by atoms with Crippen LogP contribution in [0.2, 0.25) is 0 Å². The molecule has 1 aliphatic heterocycles. The van der Waals surface area contributed by atoms with Crippen LogP contribution in [0, 0.1) is 5.92 Å². The number of benzene rings is 1. The van der Waals surface area contributed by atoms with Crippen molar-refractivity contribution in [1.29, 1.82) is 0 Å². The molecule has 2 atom stereocenters. The summed E-state index contributed by atoms with van der Waals surface area (Å²) in [5.74, 6) is 1.43. The van der Waals surface area contributed by atoms with E-state index < -0.39 is 0 Å². The largest absolute Gasteiger partial charge is 0.497 e. The van der Waals surface area contributed by atoms with E-state index in [-0.39, 0.29) is 18.2 Å². The van der Waals surface area contributed by atoms with E-state index in [1.807, 2.05) is 6.07 Å². The summed E-state index contributed by atoms with van der Waals surface area (Å²) in [5.41, 5.74) is 0. The Bertz CT molecular complexity index is 479. The van der Waals surface area contributed by atoms with Crippen molar-refractivity contribution in [2.75, 3.05) is 7.11 Å². The highest BCUT2D eigenvalue weighted by Gasteiger charge is 2.50. The Morgan fingerprint density at radius 2 is 1.95 bits per heavy atom. The van der Waals surface area contributed by atoms with Crippen molar-refractivity contribution in [1.82, 2.24) is 0 Å². The van der Waals surface area contributed by atoms with Gasteiger partial charge in [0.1, 0.15) is 11.5 Å². The Hall–Kier alpha value is -1.55. The average molecular weight is 276 g/mol. The van der Waals surface area contributed by atoms with Crippen molar-refractivity contribution in [3.05, 3.63) is 24.3 Å². The third-order valence-corrected chi connectivity index (χ3v) is 4.13. The lowest BCUT2D eigenvalue weighted by atomic mass is 9.86. The van der Waals surface area contributed by atoms with Crippen LogP contribution in [-0.4, -0.2) is 25.3 Å². The molecule has 0 amide bonds. The van der Waals surface area contributed by atoms with Gasteiger partial charge in [-0.15, -0.1) is 0 Å². The third-order valence-electron chi connectivity index (χ3n) is 4.13. The van der Waals surface area contributed by atoms with Crippen molar-refractivity contribution in [2.45, 2.75) is 44.3 Å². The van der Waals surface area contributed by atoms with Gasteiger partial charge in [0.2, 0.25) is 0 Å². The van der Waals surface area contributed by atoms with E-state index in [0.29, 0.717) is 17.4 Å². The summed E-state index contributed by atoms with van der Waals surface area (Å²) in [4.78, 5) is 12.0. The van der Waals surface area contributed by atoms with E-state index in [0.717, 1.165) is 0 Å². The summed E-state index contributed by atoms with van der Waals surface area (Å²) in [7, 11) is 1.59. The van der Waals surface area contributed by atoms with Gasteiger partial charge in [-0.3, -0.25) is 0 Å². The van der Waals surface area contributed by atoms with Gasteiger partial charge < -0.3 is 14.2 Å². The zero-order valence-corrected chi connectivity index (χ0v) is 11.7. The fraction of sp³-hybridized carbons (Fsp3) is 0.562. The fourth-order valence-corrected chi connectivity index (χ4v) is 2.97. The normalized spacial score (nSPS) is 26.1. The Balaban J connectivity index is 1.55. The van der Waals surface area contributed by atoms with E-state index in [2.05, 4.69) is 0 Å².